The Labute approximate surface area is 230 Å². The summed E-state index contributed by atoms with van der Waals surface area (Å²) >= 11 is 1.18. The normalized spacial score (nSPS) is 14.8. The third-order valence-corrected chi connectivity index (χ3v) is 7.03. The molecule has 2 heterocycles. The Bertz CT molecular complexity index is 1480. The molecule has 0 unspecified atom stereocenters. The van der Waals surface area contributed by atoms with Crippen LogP contribution in [-0.4, -0.2) is 31.8 Å². The van der Waals surface area contributed by atoms with Gasteiger partial charge < -0.3 is 29.8 Å². The van der Waals surface area contributed by atoms with E-state index in [0.717, 1.165) is 0 Å². The first-order valence-electron chi connectivity index (χ1n) is 12.0. The Kier molecular flexibility index (Phi) is 8.63. The summed E-state index contributed by atoms with van der Waals surface area (Å²) in [6, 6.07) is 19.9. The highest BCUT2D eigenvalue weighted by molar-refractivity contribution is 8.03. The van der Waals surface area contributed by atoms with Crippen LogP contribution in [-0.2, 0) is 9.59 Å². The number of aryl methyl sites for hydroxylation is 1. The van der Waals surface area contributed by atoms with Crippen LogP contribution in [0.2, 0.25) is 0 Å². The summed E-state index contributed by atoms with van der Waals surface area (Å²) in [5.74, 6) is 0.914. The molecule has 3 aromatic rings. The lowest BCUT2D eigenvalue weighted by Crippen LogP contribution is -2.31. The number of benzene rings is 2. The Hall–Kier alpha value is -4.62. The van der Waals surface area contributed by atoms with E-state index in [4.69, 9.17) is 13.9 Å². The topological polar surface area (TPSA) is 126 Å². The quantitative estimate of drug-likeness (QED) is 0.331. The van der Waals surface area contributed by atoms with Gasteiger partial charge in [-0.05, 0) is 62.4 Å². The molecule has 10 heteroatoms. The molecule has 1 aliphatic rings. The zero-order valence-electron chi connectivity index (χ0n) is 22.0. The van der Waals surface area contributed by atoms with Gasteiger partial charge in [0, 0.05) is 11.4 Å². The van der Waals surface area contributed by atoms with Gasteiger partial charge in [-0.1, -0.05) is 23.9 Å². The van der Waals surface area contributed by atoms with E-state index in [2.05, 4.69) is 22.0 Å². The van der Waals surface area contributed by atoms with Crippen molar-refractivity contribution >= 4 is 35.0 Å². The third-order valence-electron chi connectivity index (χ3n) is 6.01. The number of amides is 2. The summed E-state index contributed by atoms with van der Waals surface area (Å²) in [5.41, 5.74) is 2.28. The maximum Gasteiger partial charge on any atom is 0.254 e. The van der Waals surface area contributed by atoms with E-state index in [0.29, 0.717) is 50.7 Å². The van der Waals surface area contributed by atoms with Crippen LogP contribution >= 0.6 is 11.8 Å². The van der Waals surface area contributed by atoms with Crippen molar-refractivity contribution in [1.29, 1.82) is 5.26 Å². The van der Waals surface area contributed by atoms with Gasteiger partial charge in [-0.3, -0.25) is 9.59 Å². The number of carbonyl (C=O) groups excluding carboxylic acids is 2. The second-order valence-corrected chi connectivity index (χ2v) is 9.61. The molecule has 0 saturated heterocycles. The van der Waals surface area contributed by atoms with Gasteiger partial charge in [0.25, 0.3) is 5.91 Å². The molecule has 0 spiro atoms. The molecule has 1 aliphatic heterocycles. The van der Waals surface area contributed by atoms with Crippen LogP contribution < -0.4 is 25.4 Å². The number of allylic oxidation sites excluding steroid dienone is 2. The summed E-state index contributed by atoms with van der Waals surface area (Å²) in [5, 5.41) is 19.6. The molecule has 2 amide bonds. The number of nitrogens with one attached hydrogen (secondary N) is 3. The minimum absolute atomic E-state index is 0.0411. The van der Waals surface area contributed by atoms with E-state index in [9.17, 15) is 14.9 Å². The average molecular weight is 545 g/mol. The van der Waals surface area contributed by atoms with E-state index < -0.39 is 11.8 Å². The van der Waals surface area contributed by atoms with Gasteiger partial charge in [-0.15, -0.1) is 0 Å². The molecule has 0 radical (unpaired) electrons. The Morgan fingerprint density at radius 3 is 2.41 bits per heavy atom. The van der Waals surface area contributed by atoms with Crippen molar-refractivity contribution in [3.8, 4) is 17.6 Å². The maximum atomic E-state index is 13.6. The summed E-state index contributed by atoms with van der Waals surface area (Å²) in [6.07, 6.45) is 0. The number of ether oxygens (including phenoxy) is 2. The van der Waals surface area contributed by atoms with E-state index in [1.54, 1.807) is 81.6 Å². The summed E-state index contributed by atoms with van der Waals surface area (Å²) in [7, 11) is 3.10. The third kappa shape index (κ3) is 6.27. The van der Waals surface area contributed by atoms with Crippen molar-refractivity contribution in [2.45, 2.75) is 19.8 Å². The highest BCUT2D eigenvalue weighted by Gasteiger charge is 2.37. The summed E-state index contributed by atoms with van der Waals surface area (Å²) < 4.78 is 16.4. The number of anilines is 2. The number of carbonyl (C=O) groups is 2. The highest BCUT2D eigenvalue weighted by atomic mass is 32.2. The fraction of sp³-hybridized carbons (Fsp3) is 0.207. The fourth-order valence-electron chi connectivity index (χ4n) is 4.17. The lowest BCUT2D eigenvalue weighted by atomic mass is 9.85. The number of para-hydroxylation sites is 2. The molecular formula is C29H28N4O5S. The van der Waals surface area contributed by atoms with Crippen molar-refractivity contribution in [3.63, 3.8) is 0 Å². The first-order valence-corrected chi connectivity index (χ1v) is 13.0. The number of furan rings is 1. The molecule has 0 aliphatic carbocycles. The predicted molar refractivity (Wildman–Crippen MR) is 150 cm³/mol. The van der Waals surface area contributed by atoms with Crippen molar-refractivity contribution < 1.29 is 23.5 Å². The average Bonchev–Trinajstić information content (AvgIpc) is 3.37. The predicted octanol–water partition coefficient (Wildman–Crippen LogP) is 5.31. The van der Waals surface area contributed by atoms with Crippen LogP contribution in [0.3, 0.4) is 0 Å². The maximum absolute atomic E-state index is 13.6. The molecule has 0 fully saturated rings. The minimum atomic E-state index is -0.771. The number of hydrogen-bond acceptors (Lipinski definition) is 8. The second kappa shape index (κ2) is 12.3. The van der Waals surface area contributed by atoms with Crippen LogP contribution in [0.15, 0.2) is 87.0 Å². The van der Waals surface area contributed by atoms with Crippen LogP contribution in [0.1, 0.15) is 24.4 Å². The smallest absolute Gasteiger partial charge is 0.254 e. The zero-order chi connectivity index (χ0) is 27.9. The number of dihydropyridines is 1. The van der Waals surface area contributed by atoms with Crippen molar-refractivity contribution in [2.24, 2.45) is 0 Å². The van der Waals surface area contributed by atoms with E-state index in [1.807, 2.05) is 0 Å². The number of thioether (sulfide) groups is 1. The lowest BCUT2D eigenvalue weighted by Gasteiger charge is -2.28. The summed E-state index contributed by atoms with van der Waals surface area (Å²) in [6.45, 7) is 3.55. The molecule has 39 heavy (non-hydrogen) atoms. The molecule has 200 valence electrons. The number of nitriles is 1. The molecule has 3 N–H and O–H groups in total. The molecule has 0 bridgehead atoms. The molecule has 1 atom stereocenters. The Morgan fingerprint density at radius 2 is 1.77 bits per heavy atom. The first kappa shape index (κ1) is 27.4. The number of methoxy groups -OCH3 is 2. The molecule has 1 aromatic heterocycles. The molecule has 9 nitrogen and oxygen atoms in total. The monoisotopic (exact) mass is 544 g/mol. The van der Waals surface area contributed by atoms with Crippen LogP contribution in [0.4, 0.5) is 11.4 Å². The largest absolute Gasteiger partial charge is 0.497 e. The van der Waals surface area contributed by atoms with Gasteiger partial charge >= 0.3 is 0 Å². The number of hydrogen-bond donors (Lipinski definition) is 3. The van der Waals surface area contributed by atoms with Gasteiger partial charge in [0.2, 0.25) is 5.91 Å². The zero-order valence-corrected chi connectivity index (χ0v) is 22.8. The molecule has 4 rings (SSSR count). The Morgan fingerprint density at radius 1 is 1.03 bits per heavy atom. The van der Waals surface area contributed by atoms with Crippen molar-refractivity contribution in [1.82, 2.24) is 5.32 Å². The summed E-state index contributed by atoms with van der Waals surface area (Å²) in [4.78, 5) is 26.3. The SMILES string of the molecule is COc1ccc(NC(=O)CSC2=C(C#N)[C@@H](c3ccc(C)o3)C(C(=O)Nc3ccccc3OC)=C(C)N2)cc1. The van der Waals surface area contributed by atoms with Gasteiger partial charge in [-0.25, -0.2) is 0 Å². The number of nitrogens with zero attached hydrogens (tertiary/aromatic N) is 1. The van der Waals surface area contributed by atoms with Gasteiger partial charge in [-0.2, -0.15) is 5.26 Å². The van der Waals surface area contributed by atoms with E-state index >= 15 is 0 Å². The first-order chi connectivity index (χ1) is 18.8. The number of rotatable bonds is 9. The minimum Gasteiger partial charge on any atom is -0.497 e. The fourth-order valence-corrected chi connectivity index (χ4v) is 5.06. The lowest BCUT2D eigenvalue weighted by molar-refractivity contribution is -0.114. The molecular weight excluding hydrogens is 516 g/mol. The van der Waals surface area contributed by atoms with Crippen LogP contribution in [0.25, 0.3) is 0 Å². The van der Waals surface area contributed by atoms with Crippen LogP contribution in [0, 0.1) is 18.3 Å². The molecule has 2 aromatic carbocycles. The van der Waals surface area contributed by atoms with E-state index in [-0.39, 0.29) is 17.2 Å². The van der Waals surface area contributed by atoms with Crippen LogP contribution in [0.5, 0.6) is 11.5 Å². The van der Waals surface area contributed by atoms with Crippen molar-refractivity contribution in [3.05, 3.63) is 94.1 Å². The highest BCUT2D eigenvalue weighted by Crippen LogP contribution is 2.42. The molecule has 0 saturated carbocycles. The van der Waals surface area contributed by atoms with Crippen molar-refractivity contribution in [2.75, 3.05) is 30.6 Å². The van der Waals surface area contributed by atoms with Gasteiger partial charge in [0.05, 0.1) is 53.8 Å². The Balaban J connectivity index is 1.59. The second-order valence-electron chi connectivity index (χ2n) is 8.62. The standard InChI is InChI=1S/C29H28N4O5S/c1-17-9-14-24(38-17)27-21(15-30)29(39-16-25(34)32-19-10-12-20(36-3)13-11-19)31-18(2)26(27)28(35)33-22-7-5-6-8-23(22)37-4/h5-14,27,31H,16H2,1-4H3,(H,32,34)(H,33,35)/t27-/m0/s1. The van der Waals surface area contributed by atoms with Gasteiger partial charge in [0.1, 0.15) is 23.0 Å². The van der Waals surface area contributed by atoms with E-state index in [1.165, 1.54) is 18.9 Å². The van der Waals surface area contributed by atoms with Gasteiger partial charge in [0.15, 0.2) is 0 Å².